The molecule has 0 bridgehead atoms. The first-order valence-electron chi connectivity index (χ1n) is 3.02. The molecule has 0 aromatic carbocycles. The summed E-state index contributed by atoms with van der Waals surface area (Å²) in [5.41, 5.74) is 0.970. The van der Waals surface area contributed by atoms with Gasteiger partial charge in [-0.2, -0.15) is 0 Å². The molecule has 2 nitrogen and oxygen atoms in total. The highest BCUT2D eigenvalue weighted by atomic mass is 16.4. The van der Waals surface area contributed by atoms with Gasteiger partial charge in [0.25, 0.3) is 0 Å². The standard InChI is InChI=1S/C6H11NO/c1-5-2-3-6(4-5)7-8/h5,8H,2-4H2,1H3/b7-6-/t5-/m1/s1. The minimum atomic E-state index is 0.737. The normalized spacial score (nSPS) is 34.1. The third-order valence-electron chi connectivity index (χ3n) is 1.65. The molecule has 46 valence electrons. The van der Waals surface area contributed by atoms with Crippen molar-refractivity contribution >= 4 is 5.71 Å². The van der Waals surface area contributed by atoms with Gasteiger partial charge in [-0.05, 0) is 25.2 Å². The largest absolute Gasteiger partial charge is 0.411 e. The van der Waals surface area contributed by atoms with Gasteiger partial charge in [0.1, 0.15) is 0 Å². The molecule has 0 radical (unpaired) electrons. The van der Waals surface area contributed by atoms with E-state index in [0.29, 0.717) is 0 Å². The molecule has 0 aliphatic heterocycles. The highest BCUT2D eigenvalue weighted by Gasteiger charge is 2.15. The van der Waals surface area contributed by atoms with Crippen LogP contribution in [-0.2, 0) is 0 Å². The Kier molecular flexibility index (Phi) is 1.51. The van der Waals surface area contributed by atoms with Crippen molar-refractivity contribution in [1.82, 2.24) is 0 Å². The lowest BCUT2D eigenvalue weighted by molar-refractivity contribution is 0.317. The van der Waals surface area contributed by atoms with Crippen LogP contribution in [-0.4, -0.2) is 10.9 Å². The number of hydrogen-bond acceptors (Lipinski definition) is 2. The third-order valence-corrected chi connectivity index (χ3v) is 1.65. The maximum absolute atomic E-state index is 8.27. The van der Waals surface area contributed by atoms with Crippen LogP contribution in [0, 0.1) is 5.92 Å². The van der Waals surface area contributed by atoms with E-state index in [1.54, 1.807) is 0 Å². The first kappa shape index (κ1) is 5.60. The van der Waals surface area contributed by atoms with E-state index in [4.69, 9.17) is 5.21 Å². The van der Waals surface area contributed by atoms with Crippen molar-refractivity contribution in [2.45, 2.75) is 26.2 Å². The molecule has 0 unspecified atom stereocenters. The summed E-state index contributed by atoms with van der Waals surface area (Å²) in [5.74, 6) is 0.737. The number of nitrogens with zero attached hydrogens (tertiary/aromatic N) is 1. The van der Waals surface area contributed by atoms with Crippen LogP contribution < -0.4 is 0 Å². The van der Waals surface area contributed by atoms with E-state index in [-0.39, 0.29) is 0 Å². The fraction of sp³-hybridized carbons (Fsp3) is 0.833. The maximum Gasteiger partial charge on any atom is 0.0573 e. The van der Waals surface area contributed by atoms with Crippen LogP contribution >= 0.6 is 0 Å². The molecule has 0 saturated heterocycles. The second-order valence-corrected chi connectivity index (χ2v) is 2.51. The quantitative estimate of drug-likeness (QED) is 0.376. The van der Waals surface area contributed by atoms with Crippen LogP contribution in [0.5, 0.6) is 0 Å². The zero-order valence-electron chi connectivity index (χ0n) is 5.09. The first-order chi connectivity index (χ1) is 3.83. The van der Waals surface area contributed by atoms with Gasteiger partial charge in [0.15, 0.2) is 0 Å². The average Bonchev–Trinajstić information content (AvgIpc) is 2.14. The summed E-state index contributed by atoms with van der Waals surface area (Å²) in [6.45, 7) is 2.18. The Morgan fingerprint density at radius 3 is 2.75 bits per heavy atom. The summed E-state index contributed by atoms with van der Waals surface area (Å²) in [6, 6.07) is 0. The summed E-state index contributed by atoms with van der Waals surface area (Å²) >= 11 is 0. The van der Waals surface area contributed by atoms with Gasteiger partial charge >= 0.3 is 0 Å². The highest BCUT2D eigenvalue weighted by Crippen LogP contribution is 2.21. The van der Waals surface area contributed by atoms with Gasteiger partial charge in [0.2, 0.25) is 0 Å². The van der Waals surface area contributed by atoms with Crippen LogP contribution in [0.2, 0.25) is 0 Å². The molecule has 1 rings (SSSR count). The minimum Gasteiger partial charge on any atom is -0.411 e. The van der Waals surface area contributed by atoms with Crippen LogP contribution in [0.1, 0.15) is 26.2 Å². The highest BCUT2D eigenvalue weighted by molar-refractivity contribution is 5.85. The summed E-state index contributed by atoms with van der Waals surface area (Å²) in [6.07, 6.45) is 3.19. The van der Waals surface area contributed by atoms with Crippen molar-refractivity contribution in [3.63, 3.8) is 0 Å². The molecule has 1 aliphatic carbocycles. The predicted molar refractivity (Wildman–Crippen MR) is 32.2 cm³/mol. The number of oxime groups is 1. The smallest absolute Gasteiger partial charge is 0.0573 e. The van der Waals surface area contributed by atoms with Gasteiger partial charge in [0, 0.05) is 0 Å². The Balaban J connectivity index is 2.44. The Morgan fingerprint density at radius 1 is 1.75 bits per heavy atom. The predicted octanol–water partition coefficient (Wildman–Crippen LogP) is 1.64. The molecule has 1 atom stereocenters. The molecular weight excluding hydrogens is 102 g/mol. The Morgan fingerprint density at radius 2 is 2.50 bits per heavy atom. The molecule has 1 fully saturated rings. The Bertz CT molecular complexity index is 109. The third kappa shape index (κ3) is 0.997. The van der Waals surface area contributed by atoms with Gasteiger partial charge in [-0.1, -0.05) is 12.1 Å². The Hall–Kier alpha value is -0.530. The second kappa shape index (κ2) is 2.16. The van der Waals surface area contributed by atoms with Gasteiger partial charge in [0.05, 0.1) is 5.71 Å². The molecule has 0 spiro atoms. The molecule has 0 aromatic rings. The summed E-state index contributed by atoms with van der Waals surface area (Å²) < 4.78 is 0. The zero-order valence-corrected chi connectivity index (χ0v) is 5.09. The lowest BCUT2D eigenvalue weighted by Gasteiger charge is -1.91. The van der Waals surface area contributed by atoms with E-state index < -0.39 is 0 Å². The summed E-state index contributed by atoms with van der Waals surface area (Å²) in [7, 11) is 0. The SMILES string of the molecule is C[C@@H]1CC/C(=N/O)C1. The fourth-order valence-corrected chi connectivity index (χ4v) is 1.11. The van der Waals surface area contributed by atoms with Gasteiger partial charge in [-0.3, -0.25) is 0 Å². The van der Waals surface area contributed by atoms with Crippen LogP contribution in [0.4, 0.5) is 0 Å². The Labute approximate surface area is 49.2 Å². The number of hydrogen-bond donors (Lipinski definition) is 1. The van der Waals surface area contributed by atoms with E-state index in [1.807, 2.05) is 0 Å². The second-order valence-electron chi connectivity index (χ2n) is 2.51. The monoisotopic (exact) mass is 113 g/mol. The lowest BCUT2D eigenvalue weighted by Crippen LogP contribution is -1.89. The van der Waals surface area contributed by atoms with E-state index in [1.165, 1.54) is 6.42 Å². The molecular formula is C6H11NO. The maximum atomic E-state index is 8.27. The molecule has 8 heavy (non-hydrogen) atoms. The van der Waals surface area contributed by atoms with Crippen molar-refractivity contribution in [3.8, 4) is 0 Å². The van der Waals surface area contributed by atoms with E-state index in [0.717, 1.165) is 24.5 Å². The lowest BCUT2D eigenvalue weighted by atomic mass is 10.1. The van der Waals surface area contributed by atoms with E-state index in [2.05, 4.69) is 12.1 Å². The fourth-order valence-electron chi connectivity index (χ4n) is 1.11. The molecule has 1 aliphatic rings. The molecule has 1 N–H and O–H groups in total. The minimum absolute atomic E-state index is 0.737. The van der Waals surface area contributed by atoms with Crippen molar-refractivity contribution in [3.05, 3.63) is 0 Å². The molecule has 1 saturated carbocycles. The van der Waals surface area contributed by atoms with Gasteiger partial charge in [-0.25, -0.2) is 0 Å². The summed E-state index contributed by atoms with van der Waals surface area (Å²) in [5, 5.41) is 11.4. The van der Waals surface area contributed by atoms with Gasteiger partial charge in [-0.15, -0.1) is 0 Å². The van der Waals surface area contributed by atoms with Crippen molar-refractivity contribution < 1.29 is 5.21 Å². The topological polar surface area (TPSA) is 32.6 Å². The van der Waals surface area contributed by atoms with Gasteiger partial charge < -0.3 is 5.21 Å². The molecule has 0 aromatic heterocycles. The zero-order chi connectivity index (χ0) is 5.98. The average molecular weight is 113 g/mol. The van der Waals surface area contributed by atoms with E-state index >= 15 is 0 Å². The molecule has 0 amide bonds. The van der Waals surface area contributed by atoms with Crippen LogP contribution in [0.3, 0.4) is 0 Å². The number of rotatable bonds is 0. The van der Waals surface area contributed by atoms with E-state index in [9.17, 15) is 0 Å². The van der Waals surface area contributed by atoms with Crippen molar-refractivity contribution in [2.75, 3.05) is 0 Å². The first-order valence-corrected chi connectivity index (χ1v) is 3.02. The van der Waals surface area contributed by atoms with Crippen LogP contribution in [0.15, 0.2) is 5.16 Å². The van der Waals surface area contributed by atoms with Crippen LogP contribution in [0.25, 0.3) is 0 Å². The molecule has 0 heterocycles. The summed E-state index contributed by atoms with van der Waals surface area (Å²) in [4.78, 5) is 0. The van der Waals surface area contributed by atoms with Crippen molar-refractivity contribution in [2.24, 2.45) is 11.1 Å². The molecule has 2 heteroatoms. The van der Waals surface area contributed by atoms with Crippen molar-refractivity contribution in [1.29, 1.82) is 0 Å².